The highest BCUT2D eigenvalue weighted by Crippen LogP contribution is 2.43. The summed E-state index contributed by atoms with van der Waals surface area (Å²) >= 11 is 0. The van der Waals surface area contributed by atoms with Crippen LogP contribution in [-0.2, 0) is 23.7 Å². The number of carbonyl (C=O) groups excluding carboxylic acids is 3. The molecule has 1 aliphatic heterocycles. The van der Waals surface area contributed by atoms with Crippen LogP contribution in [-0.4, -0.2) is 58.7 Å². The molecule has 0 radical (unpaired) electrons. The van der Waals surface area contributed by atoms with Crippen molar-refractivity contribution in [2.45, 2.75) is 83.3 Å². The number of hydrogen-bond acceptors (Lipinski definition) is 7. The van der Waals surface area contributed by atoms with E-state index in [-0.39, 0.29) is 18.6 Å². The lowest BCUT2D eigenvalue weighted by molar-refractivity contribution is -0.200. The van der Waals surface area contributed by atoms with Crippen molar-refractivity contribution in [3.8, 4) is 0 Å². The van der Waals surface area contributed by atoms with Gasteiger partial charge < -0.3 is 18.9 Å². The van der Waals surface area contributed by atoms with E-state index >= 15 is 0 Å². The van der Waals surface area contributed by atoms with Gasteiger partial charge in [-0.15, -0.1) is 0 Å². The Bertz CT molecular complexity index is 956. The second-order valence-electron chi connectivity index (χ2n) is 10.8. The summed E-state index contributed by atoms with van der Waals surface area (Å²) in [5.74, 6) is -1.35. The van der Waals surface area contributed by atoms with Crippen LogP contribution in [0, 0.1) is 0 Å². The number of Topliss-reactive ketones (excluding diaryl/α,β-unsaturated/α-hetero) is 1. The summed E-state index contributed by atoms with van der Waals surface area (Å²) < 4.78 is 22.9. The van der Waals surface area contributed by atoms with Crippen LogP contribution in [0.4, 0.5) is 9.59 Å². The summed E-state index contributed by atoms with van der Waals surface area (Å²) in [6.45, 7) is 11.0. The van der Waals surface area contributed by atoms with Gasteiger partial charge in [0, 0.05) is 19.3 Å². The Morgan fingerprint density at radius 3 is 2.17 bits per heavy atom. The number of benzene rings is 1. The smallest absolute Gasteiger partial charge is 0.430 e. The fourth-order valence-corrected chi connectivity index (χ4v) is 4.10. The van der Waals surface area contributed by atoms with Gasteiger partial charge in [0.1, 0.15) is 16.7 Å². The molecule has 192 valence electrons. The van der Waals surface area contributed by atoms with Crippen molar-refractivity contribution in [2.24, 2.45) is 0 Å². The highest BCUT2D eigenvalue weighted by atomic mass is 16.7. The Kier molecular flexibility index (Phi) is 7.62. The molecule has 0 bridgehead atoms. The zero-order valence-corrected chi connectivity index (χ0v) is 21.4. The van der Waals surface area contributed by atoms with E-state index in [1.54, 1.807) is 53.7 Å². The van der Waals surface area contributed by atoms with Gasteiger partial charge in [0.05, 0.1) is 13.2 Å². The topological polar surface area (TPSA) is 103 Å². The predicted octanol–water partition coefficient (Wildman–Crippen LogP) is 4.61. The Hall–Kier alpha value is -2.91. The lowest BCUT2D eigenvalue weighted by Gasteiger charge is -2.47. The van der Waals surface area contributed by atoms with E-state index in [2.05, 4.69) is 5.43 Å². The Morgan fingerprint density at radius 1 is 1.00 bits per heavy atom. The summed E-state index contributed by atoms with van der Waals surface area (Å²) in [7, 11) is 0. The summed E-state index contributed by atoms with van der Waals surface area (Å²) in [6.07, 6.45) is 1.96. The zero-order chi connectivity index (χ0) is 25.9. The van der Waals surface area contributed by atoms with E-state index < -0.39 is 34.7 Å². The van der Waals surface area contributed by atoms with Crippen LogP contribution < -0.4 is 5.43 Å². The molecule has 1 heterocycles. The largest absolute Gasteiger partial charge is 0.443 e. The van der Waals surface area contributed by atoms with Gasteiger partial charge in [-0.2, -0.15) is 5.01 Å². The molecule has 1 N–H and O–H groups in total. The minimum absolute atomic E-state index is 0.0167. The first-order valence-corrected chi connectivity index (χ1v) is 11.8. The SMILES string of the molecule is CC(C)(C)OC(=O)NN(C(=O)OC(C)(C)C)[C@]1(/C=C/c2ccccc2)CC2(CCC1=O)OCCO2. The summed E-state index contributed by atoms with van der Waals surface area (Å²) in [4.78, 5) is 40.0. The number of rotatable bonds is 3. The summed E-state index contributed by atoms with van der Waals surface area (Å²) in [6, 6.07) is 9.35. The molecule has 2 aliphatic rings. The molecule has 1 atom stereocenters. The third-order valence-electron chi connectivity index (χ3n) is 5.50. The monoisotopic (exact) mass is 488 g/mol. The average molecular weight is 489 g/mol. The Balaban J connectivity index is 2.10. The third kappa shape index (κ3) is 6.82. The van der Waals surface area contributed by atoms with Crippen LogP contribution >= 0.6 is 0 Å². The maximum absolute atomic E-state index is 13.7. The number of ketones is 1. The van der Waals surface area contributed by atoms with Gasteiger partial charge in [0.25, 0.3) is 0 Å². The number of nitrogens with zero attached hydrogens (tertiary/aromatic N) is 1. The highest BCUT2D eigenvalue weighted by Gasteiger charge is 2.57. The molecule has 1 aliphatic carbocycles. The molecule has 0 unspecified atom stereocenters. The van der Waals surface area contributed by atoms with Crippen LogP contribution in [0.1, 0.15) is 66.4 Å². The molecule has 1 spiro atoms. The van der Waals surface area contributed by atoms with Gasteiger partial charge in [-0.05, 0) is 53.2 Å². The zero-order valence-electron chi connectivity index (χ0n) is 21.4. The van der Waals surface area contributed by atoms with Gasteiger partial charge in [-0.1, -0.05) is 36.4 Å². The second-order valence-corrected chi connectivity index (χ2v) is 10.8. The standard InChI is InChI=1S/C26H36N2O7/c1-23(2,3)34-21(30)27-28(22(31)35-24(4,5)6)25(14-12-19-10-8-7-9-11-19)18-26(15-13-20(25)29)32-16-17-33-26/h7-12,14H,13,15-18H2,1-6H3,(H,27,30)/b14-12+/t25-/m1/s1. The van der Waals surface area contributed by atoms with Crippen molar-refractivity contribution in [3.05, 3.63) is 42.0 Å². The molecule has 1 aromatic rings. The van der Waals surface area contributed by atoms with E-state index in [1.807, 2.05) is 30.3 Å². The van der Waals surface area contributed by atoms with Crippen molar-refractivity contribution in [1.29, 1.82) is 0 Å². The normalized spacial score (nSPS) is 22.3. The lowest BCUT2D eigenvalue weighted by atomic mass is 9.76. The molecule has 1 saturated carbocycles. The predicted molar refractivity (Wildman–Crippen MR) is 129 cm³/mol. The fraction of sp³-hybridized carbons (Fsp3) is 0.577. The fourth-order valence-electron chi connectivity index (χ4n) is 4.10. The molecule has 35 heavy (non-hydrogen) atoms. The maximum atomic E-state index is 13.7. The molecule has 2 fully saturated rings. The van der Waals surface area contributed by atoms with Gasteiger partial charge in [0.2, 0.25) is 0 Å². The molecule has 1 aromatic carbocycles. The van der Waals surface area contributed by atoms with Gasteiger partial charge >= 0.3 is 12.2 Å². The number of nitrogens with one attached hydrogen (secondary N) is 1. The number of ether oxygens (including phenoxy) is 4. The molecule has 3 rings (SSSR count). The molecule has 9 heteroatoms. The third-order valence-corrected chi connectivity index (χ3v) is 5.50. The minimum Gasteiger partial charge on any atom is -0.443 e. The van der Waals surface area contributed by atoms with Crippen molar-refractivity contribution in [1.82, 2.24) is 10.4 Å². The van der Waals surface area contributed by atoms with E-state index in [0.29, 0.717) is 19.6 Å². The highest BCUT2D eigenvalue weighted by molar-refractivity contribution is 5.96. The first-order valence-electron chi connectivity index (χ1n) is 11.8. The molecule has 2 amide bonds. The van der Waals surface area contributed by atoms with E-state index in [0.717, 1.165) is 10.6 Å². The van der Waals surface area contributed by atoms with Gasteiger partial charge in [0.15, 0.2) is 11.6 Å². The molecule has 0 aromatic heterocycles. The molecule has 1 saturated heterocycles. The second kappa shape index (κ2) is 9.99. The number of hydrazine groups is 1. The quantitative estimate of drug-likeness (QED) is 0.620. The van der Waals surface area contributed by atoms with Crippen molar-refractivity contribution in [3.63, 3.8) is 0 Å². The van der Waals surface area contributed by atoms with Crippen LogP contribution in [0.15, 0.2) is 36.4 Å². The van der Waals surface area contributed by atoms with Gasteiger partial charge in [-0.3, -0.25) is 4.79 Å². The number of hydrogen-bond donors (Lipinski definition) is 1. The summed E-state index contributed by atoms with van der Waals surface area (Å²) in [5, 5.41) is 0.931. The first-order chi connectivity index (χ1) is 16.2. The number of carbonyl (C=O) groups is 3. The van der Waals surface area contributed by atoms with Crippen molar-refractivity contribution >= 4 is 24.0 Å². The molecule has 9 nitrogen and oxygen atoms in total. The Labute approximate surface area is 206 Å². The van der Waals surface area contributed by atoms with E-state index in [1.165, 1.54) is 0 Å². The minimum atomic E-state index is -1.64. The molecular weight excluding hydrogens is 452 g/mol. The van der Waals surface area contributed by atoms with E-state index in [4.69, 9.17) is 18.9 Å². The van der Waals surface area contributed by atoms with Crippen LogP contribution in [0.2, 0.25) is 0 Å². The van der Waals surface area contributed by atoms with Crippen LogP contribution in [0.5, 0.6) is 0 Å². The van der Waals surface area contributed by atoms with Gasteiger partial charge in [-0.25, -0.2) is 15.0 Å². The van der Waals surface area contributed by atoms with Crippen LogP contribution in [0.25, 0.3) is 6.08 Å². The first kappa shape index (κ1) is 26.7. The lowest BCUT2D eigenvalue weighted by Crippen LogP contribution is -2.67. The number of amides is 2. The Morgan fingerprint density at radius 2 is 1.60 bits per heavy atom. The molecular formula is C26H36N2O7. The maximum Gasteiger partial charge on any atom is 0.430 e. The van der Waals surface area contributed by atoms with Crippen LogP contribution in [0.3, 0.4) is 0 Å². The van der Waals surface area contributed by atoms with Crippen molar-refractivity contribution < 1.29 is 33.3 Å². The van der Waals surface area contributed by atoms with E-state index in [9.17, 15) is 14.4 Å². The summed E-state index contributed by atoms with van der Waals surface area (Å²) in [5.41, 5.74) is -0.0444. The average Bonchev–Trinajstić information content (AvgIpc) is 3.19. The van der Waals surface area contributed by atoms with Crippen molar-refractivity contribution in [2.75, 3.05) is 13.2 Å².